The number of aromatic nitrogens is 2. The average Bonchev–Trinajstić information content (AvgIpc) is 3.03. The molecule has 5 heteroatoms. The summed E-state index contributed by atoms with van der Waals surface area (Å²) in [6, 6.07) is 9.59. The highest BCUT2D eigenvalue weighted by atomic mass is 16.1. The van der Waals surface area contributed by atoms with Gasteiger partial charge in [0.15, 0.2) is 0 Å². The monoisotopic (exact) mass is 270 g/mol. The third-order valence-electron chi connectivity index (χ3n) is 3.53. The van der Waals surface area contributed by atoms with Crippen molar-refractivity contribution in [2.24, 2.45) is 0 Å². The van der Waals surface area contributed by atoms with Crippen LogP contribution in [0.1, 0.15) is 23.2 Å². The highest BCUT2D eigenvalue weighted by molar-refractivity contribution is 5.94. The second kappa shape index (κ2) is 5.88. The van der Waals surface area contributed by atoms with E-state index in [2.05, 4.69) is 15.7 Å². The Kier molecular flexibility index (Phi) is 3.78. The van der Waals surface area contributed by atoms with Crippen molar-refractivity contribution < 1.29 is 4.79 Å². The van der Waals surface area contributed by atoms with Crippen LogP contribution in [0.4, 0.5) is 0 Å². The Balaban J connectivity index is 1.66. The Labute approximate surface area is 118 Å². The highest BCUT2D eigenvalue weighted by Gasteiger charge is 2.16. The lowest BCUT2D eigenvalue weighted by Gasteiger charge is -2.23. The minimum atomic E-state index is -0.00860. The maximum atomic E-state index is 12.1. The van der Waals surface area contributed by atoms with E-state index in [9.17, 15) is 4.79 Å². The van der Waals surface area contributed by atoms with Crippen molar-refractivity contribution in [3.63, 3.8) is 0 Å². The van der Waals surface area contributed by atoms with Crippen LogP contribution in [-0.4, -0.2) is 34.8 Å². The van der Waals surface area contributed by atoms with E-state index in [4.69, 9.17) is 0 Å². The largest absolute Gasteiger partial charge is 0.348 e. The first-order chi connectivity index (χ1) is 9.83. The maximum absolute atomic E-state index is 12.1. The molecule has 3 rings (SSSR count). The Morgan fingerprint density at radius 2 is 2.20 bits per heavy atom. The normalized spacial score (nSPS) is 18.7. The summed E-state index contributed by atoms with van der Waals surface area (Å²) >= 11 is 0. The van der Waals surface area contributed by atoms with E-state index in [0.717, 1.165) is 31.6 Å². The third-order valence-corrected chi connectivity index (χ3v) is 3.53. The van der Waals surface area contributed by atoms with E-state index in [0.29, 0.717) is 5.56 Å². The number of nitrogens with zero attached hydrogens (tertiary/aromatic N) is 2. The number of carbonyl (C=O) groups excluding carboxylic acids is 1. The van der Waals surface area contributed by atoms with Crippen molar-refractivity contribution in [3.8, 4) is 5.69 Å². The molecule has 2 aromatic rings. The van der Waals surface area contributed by atoms with E-state index >= 15 is 0 Å². The fourth-order valence-corrected chi connectivity index (χ4v) is 2.43. The number of amides is 1. The van der Waals surface area contributed by atoms with Crippen LogP contribution in [-0.2, 0) is 0 Å². The van der Waals surface area contributed by atoms with Gasteiger partial charge in [0.2, 0.25) is 0 Å². The van der Waals surface area contributed by atoms with Gasteiger partial charge in [0.1, 0.15) is 0 Å². The molecule has 1 atom stereocenters. The van der Waals surface area contributed by atoms with Gasteiger partial charge in [-0.25, -0.2) is 4.68 Å². The lowest BCUT2D eigenvalue weighted by molar-refractivity contribution is 0.0930. The van der Waals surface area contributed by atoms with Crippen molar-refractivity contribution in [2.45, 2.75) is 18.9 Å². The van der Waals surface area contributed by atoms with Crippen molar-refractivity contribution in [1.29, 1.82) is 0 Å². The summed E-state index contributed by atoms with van der Waals surface area (Å²) in [6.07, 6.45) is 5.77. The van der Waals surface area contributed by atoms with Gasteiger partial charge in [0, 0.05) is 30.5 Å². The number of piperidine rings is 1. The second-order valence-corrected chi connectivity index (χ2v) is 5.01. The highest BCUT2D eigenvalue weighted by Crippen LogP contribution is 2.09. The fourth-order valence-electron chi connectivity index (χ4n) is 2.43. The molecular weight excluding hydrogens is 252 g/mol. The van der Waals surface area contributed by atoms with Crippen LogP contribution in [0.3, 0.4) is 0 Å². The number of hydrogen-bond acceptors (Lipinski definition) is 3. The number of nitrogens with one attached hydrogen (secondary N) is 2. The Bertz CT molecular complexity index is 556. The third kappa shape index (κ3) is 2.88. The zero-order valence-corrected chi connectivity index (χ0v) is 11.2. The van der Waals surface area contributed by atoms with Gasteiger partial charge in [-0.05, 0) is 49.7 Å². The smallest absolute Gasteiger partial charge is 0.251 e. The first-order valence-electron chi connectivity index (χ1n) is 6.94. The van der Waals surface area contributed by atoms with Crippen LogP contribution in [0.25, 0.3) is 5.69 Å². The fraction of sp³-hybridized carbons (Fsp3) is 0.333. The molecule has 1 saturated heterocycles. The molecule has 1 aliphatic heterocycles. The second-order valence-electron chi connectivity index (χ2n) is 5.01. The Hall–Kier alpha value is -2.14. The molecule has 5 nitrogen and oxygen atoms in total. The molecule has 1 aliphatic rings. The lowest BCUT2D eigenvalue weighted by atomic mass is 10.1. The predicted octanol–water partition coefficient (Wildman–Crippen LogP) is 1.35. The molecule has 0 radical (unpaired) electrons. The molecule has 1 aromatic carbocycles. The topological polar surface area (TPSA) is 59.0 Å². The van der Waals surface area contributed by atoms with Crippen molar-refractivity contribution in [3.05, 3.63) is 48.3 Å². The van der Waals surface area contributed by atoms with E-state index in [1.54, 1.807) is 10.9 Å². The molecule has 1 amide bonds. The van der Waals surface area contributed by atoms with Crippen LogP contribution in [0.5, 0.6) is 0 Å². The first-order valence-corrected chi connectivity index (χ1v) is 6.94. The summed E-state index contributed by atoms with van der Waals surface area (Å²) in [5, 5.41) is 10.5. The average molecular weight is 270 g/mol. The van der Waals surface area contributed by atoms with Gasteiger partial charge in [-0.3, -0.25) is 4.79 Å². The Morgan fingerprint density at radius 1 is 1.35 bits per heavy atom. The van der Waals surface area contributed by atoms with Crippen LogP contribution in [0.2, 0.25) is 0 Å². The minimum Gasteiger partial charge on any atom is -0.348 e. The molecule has 0 bridgehead atoms. The molecule has 2 N–H and O–H groups in total. The first kappa shape index (κ1) is 12.9. The molecule has 104 valence electrons. The SMILES string of the molecule is O=C(NC1CCCNC1)c1ccc(-n2cccn2)cc1. The quantitative estimate of drug-likeness (QED) is 0.885. The molecule has 1 unspecified atom stereocenters. The summed E-state index contributed by atoms with van der Waals surface area (Å²) < 4.78 is 1.77. The Morgan fingerprint density at radius 3 is 2.85 bits per heavy atom. The van der Waals surface area contributed by atoms with Crippen LogP contribution < -0.4 is 10.6 Å². The van der Waals surface area contributed by atoms with Crippen molar-refractivity contribution in [2.75, 3.05) is 13.1 Å². The van der Waals surface area contributed by atoms with Gasteiger partial charge < -0.3 is 10.6 Å². The number of hydrogen-bond donors (Lipinski definition) is 2. The van der Waals surface area contributed by atoms with Gasteiger partial charge in [-0.15, -0.1) is 0 Å². The lowest BCUT2D eigenvalue weighted by Crippen LogP contribution is -2.45. The molecule has 0 aliphatic carbocycles. The van der Waals surface area contributed by atoms with Gasteiger partial charge in [-0.2, -0.15) is 5.10 Å². The maximum Gasteiger partial charge on any atom is 0.251 e. The van der Waals surface area contributed by atoms with Crippen molar-refractivity contribution >= 4 is 5.91 Å². The number of carbonyl (C=O) groups is 1. The summed E-state index contributed by atoms with van der Waals surface area (Å²) in [7, 11) is 0. The molecule has 2 heterocycles. The van der Waals surface area contributed by atoms with Crippen LogP contribution >= 0.6 is 0 Å². The molecule has 20 heavy (non-hydrogen) atoms. The van der Waals surface area contributed by atoms with E-state index < -0.39 is 0 Å². The zero-order valence-electron chi connectivity index (χ0n) is 11.2. The standard InChI is InChI=1S/C15H18N4O/c20-15(18-13-3-1-8-16-11-13)12-4-6-14(7-5-12)19-10-2-9-17-19/h2,4-7,9-10,13,16H,1,3,8,11H2,(H,18,20). The van der Waals surface area contributed by atoms with E-state index in [-0.39, 0.29) is 11.9 Å². The zero-order chi connectivity index (χ0) is 13.8. The summed E-state index contributed by atoms with van der Waals surface area (Å²) in [5.74, 6) is -0.00860. The summed E-state index contributed by atoms with van der Waals surface area (Å²) in [6.45, 7) is 1.90. The van der Waals surface area contributed by atoms with Crippen LogP contribution in [0, 0.1) is 0 Å². The minimum absolute atomic E-state index is 0.00860. The van der Waals surface area contributed by atoms with Gasteiger partial charge in [0.05, 0.1) is 5.69 Å². The molecule has 1 aromatic heterocycles. The van der Waals surface area contributed by atoms with Gasteiger partial charge >= 0.3 is 0 Å². The molecule has 1 fully saturated rings. The number of benzene rings is 1. The van der Waals surface area contributed by atoms with Crippen LogP contribution in [0.15, 0.2) is 42.7 Å². The molecular formula is C15H18N4O. The van der Waals surface area contributed by atoms with E-state index in [1.807, 2.05) is 36.5 Å². The molecule has 0 saturated carbocycles. The van der Waals surface area contributed by atoms with Gasteiger partial charge in [0.25, 0.3) is 5.91 Å². The summed E-state index contributed by atoms with van der Waals surface area (Å²) in [4.78, 5) is 12.1. The van der Waals surface area contributed by atoms with E-state index in [1.165, 1.54) is 0 Å². The summed E-state index contributed by atoms with van der Waals surface area (Å²) in [5.41, 5.74) is 1.64. The number of rotatable bonds is 3. The van der Waals surface area contributed by atoms with Gasteiger partial charge in [-0.1, -0.05) is 0 Å². The van der Waals surface area contributed by atoms with Crippen molar-refractivity contribution in [1.82, 2.24) is 20.4 Å². The predicted molar refractivity (Wildman–Crippen MR) is 76.9 cm³/mol. The molecule has 0 spiro atoms.